The van der Waals surface area contributed by atoms with Gasteiger partial charge in [0, 0.05) is 5.02 Å². The minimum atomic E-state index is -0.700. The van der Waals surface area contributed by atoms with Crippen LogP contribution in [0.1, 0.15) is 16.1 Å². The van der Waals surface area contributed by atoms with Gasteiger partial charge in [-0.05, 0) is 29.8 Å². The molecule has 0 saturated carbocycles. The van der Waals surface area contributed by atoms with Gasteiger partial charge < -0.3 is 4.42 Å². The van der Waals surface area contributed by atoms with Crippen molar-refractivity contribution >= 4 is 29.3 Å². The van der Waals surface area contributed by atoms with E-state index in [4.69, 9.17) is 16.0 Å². The van der Waals surface area contributed by atoms with Crippen LogP contribution in [0.4, 0.5) is 5.88 Å². The fraction of sp³-hybridized carbons (Fsp3) is 0. The highest BCUT2D eigenvalue weighted by molar-refractivity contribution is 6.32. The molecule has 0 aliphatic heterocycles. The summed E-state index contributed by atoms with van der Waals surface area (Å²) in [6.07, 6.45) is 2.78. The number of nitrogens with zero attached hydrogens (tertiary/aromatic N) is 1. The van der Waals surface area contributed by atoms with Gasteiger partial charge in [-0.15, -0.1) is 0 Å². The fourth-order valence-electron chi connectivity index (χ4n) is 1.42. The molecule has 2 aromatic rings. The van der Waals surface area contributed by atoms with E-state index >= 15 is 0 Å². The van der Waals surface area contributed by atoms with E-state index in [0.29, 0.717) is 10.6 Å². The largest absolute Gasteiger partial charge is 0.433 e. The van der Waals surface area contributed by atoms with E-state index in [1.54, 1.807) is 24.3 Å². The molecule has 0 unspecified atom stereocenters. The Labute approximate surface area is 113 Å². The van der Waals surface area contributed by atoms with Crippen LogP contribution in [0.15, 0.2) is 46.9 Å². The predicted octanol–water partition coefficient (Wildman–Crippen LogP) is 3.74. The van der Waals surface area contributed by atoms with Crippen molar-refractivity contribution in [3.8, 4) is 0 Å². The minimum absolute atomic E-state index is 0.0880. The molecule has 0 amide bonds. The molecule has 0 spiro atoms. The average molecular weight is 278 g/mol. The molecule has 0 N–H and O–H groups in total. The topological polar surface area (TPSA) is 73.3 Å². The Bertz CT molecular complexity index is 660. The molecule has 0 atom stereocenters. The van der Waals surface area contributed by atoms with Gasteiger partial charge in [-0.3, -0.25) is 14.9 Å². The SMILES string of the molecule is O=C(/C=C/c1ccccc1Cl)c1ccc([N+](=O)[O-])o1. The molecule has 2 rings (SSSR count). The maximum absolute atomic E-state index is 11.7. The molecule has 0 aliphatic rings. The van der Waals surface area contributed by atoms with Crippen molar-refractivity contribution in [3.63, 3.8) is 0 Å². The summed E-state index contributed by atoms with van der Waals surface area (Å²) in [4.78, 5) is 21.4. The lowest BCUT2D eigenvalue weighted by Gasteiger charge is -1.95. The van der Waals surface area contributed by atoms with Crippen molar-refractivity contribution < 1.29 is 14.1 Å². The Morgan fingerprint density at radius 2 is 2.00 bits per heavy atom. The number of hydrogen-bond acceptors (Lipinski definition) is 4. The van der Waals surface area contributed by atoms with Crippen LogP contribution in [0.25, 0.3) is 6.08 Å². The zero-order chi connectivity index (χ0) is 13.8. The minimum Gasteiger partial charge on any atom is -0.397 e. The quantitative estimate of drug-likeness (QED) is 0.369. The molecule has 0 aliphatic carbocycles. The normalized spacial score (nSPS) is 10.8. The molecule has 1 aromatic carbocycles. The standard InChI is InChI=1S/C13H8ClNO4/c14-10-4-2-1-3-9(10)5-6-11(16)12-7-8-13(19-12)15(17)18/h1-8H/b6-5+. The molecule has 0 saturated heterocycles. The molecule has 0 fully saturated rings. The maximum Gasteiger partial charge on any atom is 0.433 e. The lowest BCUT2D eigenvalue weighted by Crippen LogP contribution is -1.91. The molecular formula is C13H8ClNO4. The van der Waals surface area contributed by atoms with Crippen LogP contribution in [0.2, 0.25) is 5.02 Å². The van der Waals surface area contributed by atoms with Crippen LogP contribution in [-0.4, -0.2) is 10.7 Å². The Kier molecular flexibility index (Phi) is 3.77. The lowest BCUT2D eigenvalue weighted by molar-refractivity contribution is -0.402. The van der Waals surface area contributed by atoms with E-state index in [1.807, 2.05) is 0 Å². The van der Waals surface area contributed by atoms with E-state index < -0.39 is 16.6 Å². The van der Waals surface area contributed by atoms with E-state index in [0.717, 1.165) is 6.07 Å². The van der Waals surface area contributed by atoms with Crippen LogP contribution in [0, 0.1) is 10.1 Å². The van der Waals surface area contributed by atoms with E-state index in [1.165, 1.54) is 18.2 Å². The fourth-order valence-corrected chi connectivity index (χ4v) is 1.61. The summed E-state index contributed by atoms with van der Waals surface area (Å²) in [5.41, 5.74) is 0.679. The van der Waals surface area contributed by atoms with Gasteiger partial charge >= 0.3 is 5.88 Å². The number of allylic oxidation sites excluding steroid dienone is 1. The zero-order valence-corrected chi connectivity index (χ0v) is 10.3. The summed E-state index contributed by atoms with van der Waals surface area (Å²) in [5.74, 6) is -1.02. The first-order valence-electron chi connectivity index (χ1n) is 5.29. The third-order valence-electron chi connectivity index (χ3n) is 2.33. The number of benzene rings is 1. The van der Waals surface area contributed by atoms with Crippen LogP contribution in [0.3, 0.4) is 0 Å². The lowest BCUT2D eigenvalue weighted by atomic mass is 10.2. The number of nitro groups is 1. The molecule has 96 valence electrons. The first kappa shape index (κ1) is 13.0. The zero-order valence-electron chi connectivity index (χ0n) is 9.58. The number of carbonyl (C=O) groups is 1. The third kappa shape index (κ3) is 3.08. The second-order valence-corrected chi connectivity index (χ2v) is 4.02. The average Bonchev–Trinajstić information content (AvgIpc) is 2.87. The van der Waals surface area contributed by atoms with Crippen molar-refractivity contribution in [1.29, 1.82) is 0 Å². The molecule has 1 aromatic heterocycles. The molecule has 19 heavy (non-hydrogen) atoms. The summed E-state index contributed by atoms with van der Waals surface area (Å²) < 4.78 is 4.79. The Morgan fingerprint density at radius 3 is 2.63 bits per heavy atom. The maximum atomic E-state index is 11.7. The van der Waals surface area contributed by atoms with Crippen molar-refractivity contribution in [2.45, 2.75) is 0 Å². The molecule has 0 bridgehead atoms. The highest BCUT2D eigenvalue weighted by Gasteiger charge is 2.15. The van der Waals surface area contributed by atoms with Crippen LogP contribution in [0.5, 0.6) is 0 Å². The summed E-state index contributed by atoms with van der Waals surface area (Å²) in [7, 11) is 0. The Hall–Kier alpha value is -2.40. The van der Waals surface area contributed by atoms with E-state index in [-0.39, 0.29) is 5.76 Å². The number of furan rings is 1. The molecule has 5 nitrogen and oxygen atoms in total. The van der Waals surface area contributed by atoms with Crippen molar-refractivity contribution in [3.05, 3.63) is 68.9 Å². The number of carbonyl (C=O) groups excluding carboxylic acids is 1. The highest BCUT2D eigenvalue weighted by Crippen LogP contribution is 2.19. The van der Waals surface area contributed by atoms with Gasteiger partial charge in [-0.2, -0.15) is 0 Å². The van der Waals surface area contributed by atoms with Gasteiger partial charge in [-0.1, -0.05) is 29.8 Å². The number of rotatable bonds is 4. The highest BCUT2D eigenvalue weighted by atomic mass is 35.5. The van der Waals surface area contributed by atoms with Crippen LogP contribution >= 0.6 is 11.6 Å². The van der Waals surface area contributed by atoms with Crippen LogP contribution < -0.4 is 0 Å². The monoisotopic (exact) mass is 277 g/mol. The van der Waals surface area contributed by atoms with Gasteiger partial charge in [0.15, 0.2) is 5.76 Å². The molecule has 0 radical (unpaired) electrons. The van der Waals surface area contributed by atoms with Crippen molar-refractivity contribution in [2.24, 2.45) is 0 Å². The third-order valence-corrected chi connectivity index (χ3v) is 2.68. The molecular weight excluding hydrogens is 270 g/mol. The molecule has 1 heterocycles. The number of halogens is 1. The van der Waals surface area contributed by atoms with E-state index in [2.05, 4.69) is 0 Å². The Balaban J connectivity index is 2.17. The summed E-state index contributed by atoms with van der Waals surface area (Å²) >= 11 is 5.92. The van der Waals surface area contributed by atoms with E-state index in [9.17, 15) is 14.9 Å². The number of ketones is 1. The number of hydrogen-bond donors (Lipinski definition) is 0. The van der Waals surface area contributed by atoms with Gasteiger partial charge in [0.2, 0.25) is 5.78 Å². The van der Waals surface area contributed by atoms with Gasteiger partial charge in [0.05, 0.1) is 6.07 Å². The van der Waals surface area contributed by atoms with Crippen molar-refractivity contribution in [2.75, 3.05) is 0 Å². The van der Waals surface area contributed by atoms with Gasteiger partial charge in [0.25, 0.3) is 0 Å². The predicted molar refractivity (Wildman–Crippen MR) is 70.2 cm³/mol. The summed E-state index contributed by atoms with van der Waals surface area (Å²) in [5, 5.41) is 10.9. The van der Waals surface area contributed by atoms with Gasteiger partial charge in [-0.25, -0.2) is 0 Å². The van der Waals surface area contributed by atoms with Gasteiger partial charge in [0.1, 0.15) is 4.92 Å². The van der Waals surface area contributed by atoms with Crippen LogP contribution in [-0.2, 0) is 0 Å². The Morgan fingerprint density at radius 1 is 1.26 bits per heavy atom. The second kappa shape index (κ2) is 5.49. The molecule has 6 heteroatoms. The smallest absolute Gasteiger partial charge is 0.397 e. The second-order valence-electron chi connectivity index (χ2n) is 3.61. The summed E-state index contributed by atoms with van der Waals surface area (Å²) in [6.45, 7) is 0. The van der Waals surface area contributed by atoms with Crippen molar-refractivity contribution in [1.82, 2.24) is 0 Å². The summed E-state index contributed by atoms with van der Waals surface area (Å²) in [6, 6.07) is 9.40. The first-order chi connectivity index (χ1) is 9.08. The first-order valence-corrected chi connectivity index (χ1v) is 5.67.